The van der Waals surface area contributed by atoms with Crippen LogP contribution in [-0.4, -0.2) is 31.3 Å². The summed E-state index contributed by atoms with van der Waals surface area (Å²) in [4.78, 5) is 11.4. The molecule has 10 heteroatoms. The lowest BCUT2D eigenvalue weighted by atomic mass is 10.1. The van der Waals surface area contributed by atoms with Crippen molar-refractivity contribution in [3.05, 3.63) is 71.8 Å². The van der Waals surface area contributed by atoms with Crippen LogP contribution in [0.25, 0.3) is 0 Å². The monoisotopic (exact) mass is 465 g/mol. The Morgan fingerprint density at radius 3 is 2.07 bits per heavy atom. The third-order valence-electron chi connectivity index (χ3n) is 3.47. The summed E-state index contributed by atoms with van der Waals surface area (Å²) in [6.07, 6.45) is -1.02. The zero-order valence-electron chi connectivity index (χ0n) is 13.7. The number of halogens is 4. The molecule has 0 aliphatic rings. The van der Waals surface area contributed by atoms with Crippen LogP contribution in [0, 0.1) is 0 Å². The van der Waals surface area contributed by atoms with Crippen LogP contribution < -0.4 is 4.72 Å². The van der Waals surface area contributed by atoms with Crippen molar-refractivity contribution in [3.8, 4) is 0 Å². The Hall–Kier alpha value is -1.91. The van der Waals surface area contributed by atoms with Crippen molar-refractivity contribution in [1.29, 1.82) is 0 Å². The molecule has 0 aliphatic heterocycles. The molecule has 2 aromatic rings. The van der Waals surface area contributed by atoms with Crippen LogP contribution in [0.5, 0.6) is 0 Å². The summed E-state index contributed by atoms with van der Waals surface area (Å²) in [6, 6.07) is 16.3. The SMILES string of the molecule is O=C(O[C@@H](c1ccccc1)[C@H](Br)CNS(=O)(=O)C(F)(F)F)c1ccccc1. The Kier molecular flexibility index (Phi) is 7.01. The van der Waals surface area contributed by atoms with Gasteiger partial charge in [0.25, 0.3) is 0 Å². The molecule has 0 aromatic heterocycles. The van der Waals surface area contributed by atoms with Gasteiger partial charge in [-0.1, -0.05) is 64.5 Å². The fourth-order valence-electron chi connectivity index (χ4n) is 2.13. The summed E-state index contributed by atoms with van der Waals surface area (Å²) in [5.74, 6) is -0.687. The minimum Gasteiger partial charge on any atom is -0.453 e. The first kappa shape index (κ1) is 21.4. The number of benzene rings is 2. The number of nitrogens with one attached hydrogen (secondary N) is 1. The average Bonchev–Trinajstić information content (AvgIpc) is 2.64. The molecular formula is C17H15BrF3NO4S. The zero-order valence-corrected chi connectivity index (χ0v) is 16.1. The topological polar surface area (TPSA) is 72.5 Å². The van der Waals surface area contributed by atoms with Gasteiger partial charge in [0.1, 0.15) is 6.10 Å². The van der Waals surface area contributed by atoms with Crippen molar-refractivity contribution in [3.63, 3.8) is 0 Å². The van der Waals surface area contributed by atoms with E-state index in [1.807, 2.05) is 0 Å². The molecule has 0 fully saturated rings. The molecular weight excluding hydrogens is 451 g/mol. The van der Waals surface area contributed by atoms with E-state index in [0.717, 1.165) is 0 Å². The molecule has 146 valence electrons. The van der Waals surface area contributed by atoms with E-state index in [9.17, 15) is 26.4 Å². The van der Waals surface area contributed by atoms with Crippen molar-refractivity contribution in [2.24, 2.45) is 0 Å². The van der Waals surface area contributed by atoms with Gasteiger partial charge in [-0.15, -0.1) is 0 Å². The first-order valence-corrected chi connectivity index (χ1v) is 10.0. The molecule has 0 aliphatic carbocycles. The number of carbonyl (C=O) groups excluding carboxylic acids is 1. The summed E-state index contributed by atoms with van der Waals surface area (Å²) in [7, 11) is -5.51. The maximum absolute atomic E-state index is 12.5. The van der Waals surface area contributed by atoms with Crippen LogP contribution in [-0.2, 0) is 14.8 Å². The maximum Gasteiger partial charge on any atom is 0.511 e. The van der Waals surface area contributed by atoms with E-state index < -0.39 is 39.0 Å². The molecule has 0 amide bonds. The highest BCUT2D eigenvalue weighted by molar-refractivity contribution is 9.09. The molecule has 0 saturated carbocycles. The molecule has 2 aromatic carbocycles. The number of esters is 1. The summed E-state index contributed by atoms with van der Waals surface area (Å²) in [6.45, 7) is -0.635. The minimum atomic E-state index is -5.51. The van der Waals surface area contributed by atoms with E-state index in [1.54, 1.807) is 48.5 Å². The smallest absolute Gasteiger partial charge is 0.453 e. The lowest BCUT2D eigenvalue weighted by Gasteiger charge is -2.24. The molecule has 5 nitrogen and oxygen atoms in total. The quantitative estimate of drug-likeness (QED) is 0.498. The molecule has 0 unspecified atom stereocenters. The summed E-state index contributed by atoms with van der Waals surface area (Å²) >= 11 is 3.13. The van der Waals surface area contributed by atoms with E-state index >= 15 is 0 Å². The Bertz CT molecular complexity index is 861. The molecule has 0 saturated heterocycles. The third-order valence-corrected chi connectivity index (χ3v) is 5.43. The van der Waals surface area contributed by atoms with Gasteiger partial charge in [0.2, 0.25) is 0 Å². The van der Waals surface area contributed by atoms with E-state index in [4.69, 9.17) is 4.74 Å². The molecule has 0 spiro atoms. The van der Waals surface area contributed by atoms with Gasteiger partial charge in [-0.2, -0.15) is 13.2 Å². The molecule has 0 bridgehead atoms. The van der Waals surface area contributed by atoms with Crippen LogP contribution in [0.4, 0.5) is 13.2 Å². The summed E-state index contributed by atoms with van der Waals surface area (Å²) in [5, 5.41) is 0. The molecule has 2 atom stereocenters. The number of hydrogen-bond acceptors (Lipinski definition) is 4. The molecule has 0 radical (unpaired) electrons. The fourth-order valence-corrected chi connectivity index (χ4v) is 3.48. The van der Waals surface area contributed by atoms with E-state index in [0.29, 0.717) is 5.56 Å². The van der Waals surface area contributed by atoms with E-state index in [2.05, 4.69) is 15.9 Å². The first-order chi connectivity index (χ1) is 12.6. The maximum atomic E-state index is 12.5. The Labute approximate surface area is 162 Å². The highest BCUT2D eigenvalue weighted by atomic mass is 79.9. The van der Waals surface area contributed by atoms with E-state index in [1.165, 1.54) is 16.9 Å². The van der Waals surface area contributed by atoms with Crippen LogP contribution in [0.2, 0.25) is 0 Å². The largest absolute Gasteiger partial charge is 0.511 e. The van der Waals surface area contributed by atoms with Gasteiger partial charge >= 0.3 is 21.5 Å². The van der Waals surface area contributed by atoms with Crippen LogP contribution in [0.1, 0.15) is 22.0 Å². The fraction of sp³-hybridized carbons (Fsp3) is 0.235. The van der Waals surface area contributed by atoms with Crippen LogP contribution in [0.15, 0.2) is 60.7 Å². The van der Waals surface area contributed by atoms with Crippen molar-refractivity contribution >= 4 is 31.9 Å². The van der Waals surface area contributed by atoms with Gasteiger partial charge in [0.15, 0.2) is 0 Å². The standard InChI is InChI=1S/C17H15BrF3NO4S/c18-14(11-22-27(24,25)17(19,20)21)15(12-7-3-1-4-8-12)26-16(23)13-9-5-2-6-10-13/h1-10,14-15,22H,11H2/t14-,15+/m1/s1. The van der Waals surface area contributed by atoms with E-state index in [-0.39, 0.29) is 5.56 Å². The summed E-state index contributed by atoms with van der Waals surface area (Å²) in [5.41, 5.74) is -4.67. The molecule has 2 rings (SSSR count). The second-order valence-corrected chi connectivity index (χ2v) is 8.35. The first-order valence-electron chi connectivity index (χ1n) is 7.63. The Morgan fingerprint density at radius 1 is 1.04 bits per heavy atom. The number of alkyl halides is 4. The van der Waals surface area contributed by atoms with Gasteiger partial charge in [0, 0.05) is 6.54 Å². The predicted octanol–water partition coefficient (Wildman–Crippen LogP) is 3.79. The highest BCUT2D eigenvalue weighted by Crippen LogP contribution is 2.29. The van der Waals surface area contributed by atoms with Gasteiger partial charge < -0.3 is 4.74 Å². The van der Waals surface area contributed by atoms with Crippen LogP contribution in [0.3, 0.4) is 0 Å². The number of ether oxygens (including phenoxy) is 1. The third kappa shape index (κ3) is 5.78. The van der Waals surface area contributed by atoms with Gasteiger partial charge in [0.05, 0.1) is 10.4 Å². The number of hydrogen-bond donors (Lipinski definition) is 1. The molecule has 27 heavy (non-hydrogen) atoms. The zero-order chi connectivity index (χ0) is 20.1. The van der Waals surface area contributed by atoms with Crippen molar-refractivity contribution in [1.82, 2.24) is 4.72 Å². The molecule has 0 heterocycles. The normalized spacial score (nSPS) is 14.4. The van der Waals surface area contributed by atoms with Crippen molar-refractivity contribution in [2.45, 2.75) is 16.4 Å². The van der Waals surface area contributed by atoms with Crippen LogP contribution >= 0.6 is 15.9 Å². The lowest BCUT2D eigenvalue weighted by Crippen LogP contribution is -2.40. The Morgan fingerprint density at radius 2 is 1.56 bits per heavy atom. The Balaban J connectivity index is 2.19. The predicted molar refractivity (Wildman–Crippen MR) is 96.7 cm³/mol. The van der Waals surface area contributed by atoms with Gasteiger partial charge in [-0.05, 0) is 17.7 Å². The molecule has 1 N–H and O–H groups in total. The second kappa shape index (κ2) is 8.85. The van der Waals surface area contributed by atoms with Gasteiger partial charge in [-0.25, -0.2) is 17.9 Å². The average molecular weight is 466 g/mol. The lowest BCUT2D eigenvalue weighted by molar-refractivity contribution is -0.0448. The van der Waals surface area contributed by atoms with Crippen molar-refractivity contribution < 1.29 is 31.1 Å². The number of carbonyl (C=O) groups is 1. The number of rotatable bonds is 7. The number of sulfonamides is 1. The van der Waals surface area contributed by atoms with Gasteiger partial charge in [-0.3, -0.25) is 0 Å². The highest BCUT2D eigenvalue weighted by Gasteiger charge is 2.46. The van der Waals surface area contributed by atoms with Crippen molar-refractivity contribution in [2.75, 3.05) is 6.54 Å². The summed E-state index contributed by atoms with van der Waals surface area (Å²) < 4.78 is 66.8. The minimum absolute atomic E-state index is 0.258. The second-order valence-electron chi connectivity index (χ2n) is 5.42.